The lowest BCUT2D eigenvalue weighted by Crippen LogP contribution is -2.47. The first-order valence-corrected chi connectivity index (χ1v) is 6.25. The maximum atomic E-state index is 11.7. The summed E-state index contributed by atoms with van der Waals surface area (Å²) in [4.78, 5) is 25.0. The monoisotopic (exact) mass is 243 g/mol. The molecule has 0 saturated carbocycles. The van der Waals surface area contributed by atoms with Gasteiger partial charge in [0.25, 0.3) is 0 Å². The van der Waals surface area contributed by atoms with Gasteiger partial charge in [0.05, 0.1) is 19.8 Å². The number of rotatable bonds is 5. The average Bonchev–Trinajstić information content (AvgIpc) is 2.30. The van der Waals surface area contributed by atoms with Gasteiger partial charge in [-0.05, 0) is 33.2 Å². The molecule has 1 saturated heterocycles. The summed E-state index contributed by atoms with van der Waals surface area (Å²) in [6.07, 6.45) is 2.77. The first-order chi connectivity index (χ1) is 8.19. The maximum absolute atomic E-state index is 11.7. The van der Waals surface area contributed by atoms with Crippen molar-refractivity contribution in [1.29, 1.82) is 0 Å². The molecule has 0 aliphatic carbocycles. The van der Waals surface area contributed by atoms with Crippen molar-refractivity contribution < 1.29 is 19.1 Å². The van der Waals surface area contributed by atoms with Gasteiger partial charge in [-0.1, -0.05) is 6.42 Å². The van der Waals surface area contributed by atoms with Crippen molar-refractivity contribution in [3.05, 3.63) is 0 Å². The van der Waals surface area contributed by atoms with E-state index in [1.165, 1.54) is 0 Å². The van der Waals surface area contributed by atoms with E-state index in [-0.39, 0.29) is 24.5 Å². The van der Waals surface area contributed by atoms with E-state index in [4.69, 9.17) is 9.47 Å². The molecule has 0 N–H and O–H groups in total. The Hall–Kier alpha value is -1.10. The molecule has 1 rings (SSSR count). The van der Waals surface area contributed by atoms with Crippen LogP contribution < -0.4 is 0 Å². The summed E-state index contributed by atoms with van der Waals surface area (Å²) in [7, 11) is 0. The fourth-order valence-electron chi connectivity index (χ4n) is 2.06. The van der Waals surface area contributed by atoms with Gasteiger partial charge in [-0.2, -0.15) is 0 Å². The molecule has 1 fully saturated rings. The van der Waals surface area contributed by atoms with Crippen molar-refractivity contribution in [2.75, 3.05) is 26.3 Å². The Morgan fingerprint density at radius 2 is 1.88 bits per heavy atom. The summed E-state index contributed by atoms with van der Waals surface area (Å²) in [6, 6.07) is -0.284. The molecule has 17 heavy (non-hydrogen) atoms. The molecule has 0 spiro atoms. The molecule has 0 radical (unpaired) electrons. The van der Waals surface area contributed by atoms with Gasteiger partial charge in [-0.25, -0.2) is 0 Å². The van der Waals surface area contributed by atoms with Gasteiger partial charge in [-0.15, -0.1) is 0 Å². The van der Waals surface area contributed by atoms with E-state index < -0.39 is 0 Å². The summed E-state index contributed by atoms with van der Waals surface area (Å²) in [6.45, 7) is 5.24. The number of piperidine rings is 1. The second-order valence-corrected chi connectivity index (χ2v) is 4.04. The van der Waals surface area contributed by atoms with E-state index >= 15 is 0 Å². The van der Waals surface area contributed by atoms with Crippen molar-refractivity contribution in [3.63, 3.8) is 0 Å². The van der Waals surface area contributed by atoms with Crippen LogP contribution in [0, 0.1) is 0 Å². The summed E-state index contributed by atoms with van der Waals surface area (Å²) in [5.74, 6) is -0.500. The lowest BCUT2D eigenvalue weighted by atomic mass is 10.0. The van der Waals surface area contributed by atoms with E-state index in [0.29, 0.717) is 13.2 Å². The summed E-state index contributed by atoms with van der Waals surface area (Å²) in [5.41, 5.74) is 0. The van der Waals surface area contributed by atoms with Crippen molar-refractivity contribution >= 4 is 11.9 Å². The molecule has 0 aromatic carbocycles. The highest BCUT2D eigenvalue weighted by molar-refractivity contribution is 5.78. The molecular weight excluding hydrogens is 222 g/mol. The molecular formula is C12H21NO4. The van der Waals surface area contributed by atoms with Crippen LogP contribution in [-0.2, 0) is 19.1 Å². The molecule has 0 bridgehead atoms. The van der Waals surface area contributed by atoms with Crippen LogP contribution >= 0.6 is 0 Å². The van der Waals surface area contributed by atoms with Crippen LogP contribution in [0.4, 0.5) is 0 Å². The van der Waals surface area contributed by atoms with E-state index in [9.17, 15) is 9.59 Å². The third-order valence-electron chi connectivity index (χ3n) is 2.81. The lowest BCUT2D eigenvalue weighted by molar-refractivity contribution is -0.154. The van der Waals surface area contributed by atoms with E-state index in [0.717, 1.165) is 25.8 Å². The summed E-state index contributed by atoms with van der Waals surface area (Å²) >= 11 is 0. The summed E-state index contributed by atoms with van der Waals surface area (Å²) in [5, 5.41) is 0. The second-order valence-electron chi connectivity index (χ2n) is 4.04. The SMILES string of the molecule is CCOC(=O)CN1CCCC[C@@H]1C(=O)OCC. The average molecular weight is 243 g/mol. The van der Waals surface area contributed by atoms with Crippen molar-refractivity contribution in [2.24, 2.45) is 0 Å². The standard InChI is InChI=1S/C12H21NO4/c1-3-16-11(14)9-13-8-6-5-7-10(13)12(15)17-4-2/h10H,3-9H2,1-2H3/t10-/m1/s1. The first kappa shape index (κ1) is 14.0. The smallest absolute Gasteiger partial charge is 0.323 e. The Labute approximate surface area is 102 Å². The highest BCUT2D eigenvalue weighted by atomic mass is 16.5. The third kappa shape index (κ3) is 4.34. The molecule has 0 amide bonds. The predicted molar refractivity (Wildman–Crippen MR) is 62.5 cm³/mol. The van der Waals surface area contributed by atoms with Crippen molar-refractivity contribution in [1.82, 2.24) is 4.90 Å². The third-order valence-corrected chi connectivity index (χ3v) is 2.81. The number of hydrogen-bond acceptors (Lipinski definition) is 5. The van der Waals surface area contributed by atoms with Gasteiger partial charge in [0, 0.05) is 0 Å². The van der Waals surface area contributed by atoms with Gasteiger partial charge < -0.3 is 9.47 Å². The van der Waals surface area contributed by atoms with Gasteiger partial charge in [-0.3, -0.25) is 14.5 Å². The van der Waals surface area contributed by atoms with Gasteiger partial charge in [0.15, 0.2) is 0 Å². The number of carbonyl (C=O) groups excluding carboxylic acids is 2. The predicted octanol–water partition coefficient (Wildman–Crippen LogP) is 0.967. The van der Waals surface area contributed by atoms with E-state index in [1.54, 1.807) is 13.8 Å². The van der Waals surface area contributed by atoms with Gasteiger partial charge in [0.2, 0.25) is 0 Å². The second kappa shape index (κ2) is 7.27. The minimum absolute atomic E-state index is 0.178. The molecule has 0 aromatic rings. The fraction of sp³-hybridized carbons (Fsp3) is 0.833. The Bertz CT molecular complexity index is 267. The van der Waals surface area contributed by atoms with Crippen LogP contribution in [-0.4, -0.2) is 49.2 Å². The highest BCUT2D eigenvalue weighted by Gasteiger charge is 2.31. The topological polar surface area (TPSA) is 55.8 Å². The number of esters is 2. The molecule has 1 heterocycles. The number of hydrogen-bond donors (Lipinski definition) is 0. The van der Waals surface area contributed by atoms with Crippen molar-refractivity contribution in [2.45, 2.75) is 39.2 Å². The molecule has 5 heteroatoms. The largest absolute Gasteiger partial charge is 0.465 e. The number of carbonyl (C=O) groups is 2. The first-order valence-electron chi connectivity index (χ1n) is 6.25. The van der Waals surface area contributed by atoms with Crippen LogP contribution in [0.25, 0.3) is 0 Å². The molecule has 1 aliphatic rings. The van der Waals surface area contributed by atoms with Crippen LogP contribution in [0.5, 0.6) is 0 Å². The number of ether oxygens (including phenoxy) is 2. The van der Waals surface area contributed by atoms with Gasteiger partial charge in [0.1, 0.15) is 6.04 Å². The normalized spacial score (nSPS) is 20.9. The van der Waals surface area contributed by atoms with Crippen molar-refractivity contribution in [3.8, 4) is 0 Å². The fourth-order valence-corrected chi connectivity index (χ4v) is 2.06. The Morgan fingerprint density at radius 3 is 2.53 bits per heavy atom. The maximum Gasteiger partial charge on any atom is 0.323 e. The number of nitrogens with zero attached hydrogens (tertiary/aromatic N) is 1. The highest BCUT2D eigenvalue weighted by Crippen LogP contribution is 2.18. The van der Waals surface area contributed by atoms with E-state index in [1.807, 2.05) is 4.90 Å². The minimum Gasteiger partial charge on any atom is -0.465 e. The molecule has 5 nitrogen and oxygen atoms in total. The van der Waals surface area contributed by atoms with E-state index in [2.05, 4.69) is 0 Å². The molecule has 0 aromatic heterocycles. The molecule has 98 valence electrons. The van der Waals surface area contributed by atoms with Crippen LogP contribution in [0.1, 0.15) is 33.1 Å². The Balaban J connectivity index is 2.53. The minimum atomic E-state index is -0.284. The Kier molecular flexibility index (Phi) is 5.97. The zero-order valence-electron chi connectivity index (χ0n) is 10.6. The summed E-state index contributed by atoms with van der Waals surface area (Å²) < 4.78 is 9.92. The molecule has 0 unspecified atom stereocenters. The van der Waals surface area contributed by atoms with Crippen LogP contribution in [0.15, 0.2) is 0 Å². The van der Waals surface area contributed by atoms with Crippen LogP contribution in [0.3, 0.4) is 0 Å². The number of likely N-dealkylation sites (tertiary alicyclic amines) is 1. The quantitative estimate of drug-likeness (QED) is 0.673. The lowest BCUT2D eigenvalue weighted by Gasteiger charge is -2.32. The zero-order chi connectivity index (χ0) is 12.7. The Morgan fingerprint density at radius 1 is 1.18 bits per heavy atom. The van der Waals surface area contributed by atoms with Gasteiger partial charge >= 0.3 is 11.9 Å². The molecule has 1 aliphatic heterocycles. The van der Waals surface area contributed by atoms with Crippen LogP contribution in [0.2, 0.25) is 0 Å². The zero-order valence-corrected chi connectivity index (χ0v) is 10.6. The molecule has 1 atom stereocenters.